The topological polar surface area (TPSA) is 75.1 Å². The van der Waals surface area contributed by atoms with Gasteiger partial charge in [-0.1, -0.05) is 6.07 Å². The number of aryl methyl sites for hydroxylation is 1. The molecule has 1 aliphatic heterocycles. The summed E-state index contributed by atoms with van der Waals surface area (Å²) in [5, 5.41) is 9.71. The van der Waals surface area contributed by atoms with Gasteiger partial charge >= 0.3 is 0 Å². The van der Waals surface area contributed by atoms with Crippen molar-refractivity contribution in [1.82, 2.24) is 24.8 Å². The number of nitrogens with zero attached hydrogens (tertiary/aromatic N) is 4. The van der Waals surface area contributed by atoms with Gasteiger partial charge in [-0.25, -0.2) is 9.37 Å². The first-order valence-electron chi connectivity index (χ1n) is 11.5. The molecule has 0 spiro atoms. The third-order valence-electron chi connectivity index (χ3n) is 6.31. The van der Waals surface area contributed by atoms with E-state index in [0.29, 0.717) is 17.3 Å². The van der Waals surface area contributed by atoms with Gasteiger partial charge in [-0.3, -0.25) is 14.3 Å². The van der Waals surface area contributed by atoms with E-state index >= 15 is 0 Å². The van der Waals surface area contributed by atoms with Crippen LogP contribution in [0.15, 0.2) is 66.3 Å². The predicted octanol–water partition coefficient (Wildman–Crippen LogP) is 5.09. The van der Waals surface area contributed by atoms with Crippen molar-refractivity contribution in [3.63, 3.8) is 0 Å². The summed E-state index contributed by atoms with van der Waals surface area (Å²) in [6.07, 6.45) is 3.79. The summed E-state index contributed by atoms with van der Waals surface area (Å²) in [4.78, 5) is 23.9. The Hall–Kier alpha value is -3.63. The molecule has 1 aromatic carbocycles. The van der Waals surface area contributed by atoms with E-state index in [0.717, 1.165) is 27.8 Å². The van der Waals surface area contributed by atoms with Crippen molar-refractivity contribution in [3.05, 3.63) is 94.8 Å². The summed E-state index contributed by atoms with van der Waals surface area (Å²) < 4.78 is 15.4. The third kappa shape index (κ3) is 4.74. The van der Waals surface area contributed by atoms with Crippen LogP contribution in [0.5, 0.6) is 0 Å². The summed E-state index contributed by atoms with van der Waals surface area (Å²) in [5.41, 5.74) is 4.68. The molecule has 1 fully saturated rings. The Labute approximate surface area is 218 Å². The van der Waals surface area contributed by atoms with Crippen LogP contribution in [-0.4, -0.2) is 37.0 Å². The maximum atomic E-state index is 13.2. The van der Waals surface area contributed by atoms with Crippen molar-refractivity contribution in [1.29, 1.82) is 0 Å². The van der Waals surface area contributed by atoms with Crippen molar-refractivity contribution < 1.29 is 9.18 Å². The molecule has 5 rings (SSSR count). The zero-order chi connectivity index (χ0) is 25.2. The number of halogens is 1. The van der Waals surface area contributed by atoms with Gasteiger partial charge < -0.3 is 15.5 Å². The summed E-state index contributed by atoms with van der Waals surface area (Å²) >= 11 is 7.33. The molecule has 1 aliphatic rings. The van der Waals surface area contributed by atoms with Gasteiger partial charge in [0.1, 0.15) is 5.82 Å². The summed E-state index contributed by atoms with van der Waals surface area (Å²) in [6, 6.07) is 13.4. The molecule has 0 bridgehead atoms. The highest BCUT2D eigenvalue weighted by Crippen LogP contribution is 2.41. The second kappa shape index (κ2) is 10.2. The monoisotopic (exact) mass is 520 g/mol. The zero-order valence-corrected chi connectivity index (χ0v) is 21.4. The first-order valence-corrected chi connectivity index (χ1v) is 12.8. The number of rotatable bonds is 7. The van der Waals surface area contributed by atoms with E-state index in [1.807, 2.05) is 23.6 Å². The van der Waals surface area contributed by atoms with E-state index in [9.17, 15) is 9.18 Å². The highest BCUT2D eigenvalue weighted by atomic mass is 32.1. The number of carbonyl (C=O) groups is 1. The number of pyridine rings is 1. The molecular weight excluding hydrogens is 495 g/mol. The molecule has 0 radical (unpaired) electrons. The number of hydrogen-bond donors (Lipinski definition) is 2. The normalized spacial score (nSPS) is 17.3. The van der Waals surface area contributed by atoms with Gasteiger partial charge in [-0.15, -0.1) is 11.3 Å². The lowest BCUT2D eigenvalue weighted by atomic mass is 9.96. The van der Waals surface area contributed by atoms with Crippen LogP contribution in [0.1, 0.15) is 41.1 Å². The fourth-order valence-electron chi connectivity index (χ4n) is 4.67. The Morgan fingerprint density at radius 2 is 1.97 bits per heavy atom. The van der Waals surface area contributed by atoms with Crippen LogP contribution in [0, 0.1) is 19.7 Å². The first-order chi connectivity index (χ1) is 17.4. The van der Waals surface area contributed by atoms with Gasteiger partial charge in [0.2, 0.25) is 5.91 Å². The molecule has 0 aliphatic carbocycles. The van der Waals surface area contributed by atoms with E-state index in [1.165, 1.54) is 12.1 Å². The largest absolute Gasteiger partial charge is 0.352 e. The molecular formula is C26H25FN6OS2. The van der Waals surface area contributed by atoms with Crippen molar-refractivity contribution in [3.8, 4) is 5.13 Å². The van der Waals surface area contributed by atoms with Crippen molar-refractivity contribution >= 4 is 40.3 Å². The Kier molecular flexibility index (Phi) is 6.80. The van der Waals surface area contributed by atoms with Crippen LogP contribution in [-0.2, 0) is 4.79 Å². The lowest BCUT2D eigenvalue weighted by Crippen LogP contribution is -2.32. The van der Waals surface area contributed by atoms with Gasteiger partial charge in [0.15, 0.2) is 10.2 Å². The molecule has 2 N–H and O–H groups in total. The quantitative estimate of drug-likeness (QED) is 0.331. The van der Waals surface area contributed by atoms with Crippen LogP contribution >= 0.6 is 23.6 Å². The number of aromatic nitrogens is 3. The van der Waals surface area contributed by atoms with Gasteiger partial charge in [0, 0.05) is 47.8 Å². The van der Waals surface area contributed by atoms with E-state index in [-0.39, 0.29) is 30.2 Å². The van der Waals surface area contributed by atoms with Crippen LogP contribution in [0.2, 0.25) is 0 Å². The van der Waals surface area contributed by atoms with Crippen LogP contribution < -0.4 is 10.6 Å². The lowest BCUT2D eigenvalue weighted by molar-refractivity contribution is -0.116. The second-order valence-corrected chi connectivity index (χ2v) is 9.86. The minimum Gasteiger partial charge on any atom is -0.352 e. The lowest BCUT2D eigenvalue weighted by Gasteiger charge is -2.28. The Balaban J connectivity index is 1.44. The number of thiazole rings is 1. The van der Waals surface area contributed by atoms with E-state index in [4.69, 9.17) is 12.2 Å². The second-order valence-electron chi connectivity index (χ2n) is 8.60. The van der Waals surface area contributed by atoms with Crippen LogP contribution in [0.3, 0.4) is 0 Å². The van der Waals surface area contributed by atoms with Crippen molar-refractivity contribution in [2.45, 2.75) is 32.4 Å². The fraction of sp³-hybridized carbons (Fsp3) is 0.231. The molecule has 1 amide bonds. The summed E-state index contributed by atoms with van der Waals surface area (Å²) in [6.45, 7) is 4.56. The number of carbonyl (C=O) groups excluding carboxylic acids is 1. The van der Waals surface area contributed by atoms with E-state index < -0.39 is 0 Å². The van der Waals surface area contributed by atoms with Crippen LogP contribution in [0.25, 0.3) is 5.13 Å². The Morgan fingerprint density at radius 3 is 2.67 bits per heavy atom. The minimum absolute atomic E-state index is 0.161. The Morgan fingerprint density at radius 1 is 1.17 bits per heavy atom. The molecule has 3 aromatic heterocycles. The number of amides is 1. The number of thiocarbonyl (C=S) groups is 1. The molecule has 7 nitrogen and oxygen atoms in total. The maximum Gasteiger partial charge on any atom is 0.226 e. The molecule has 10 heteroatoms. The van der Waals surface area contributed by atoms with Gasteiger partial charge in [-0.2, -0.15) is 0 Å². The van der Waals surface area contributed by atoms with Gasteiger partial charge in [0.05, 0.1) is 17.8 Å². The van der Waals surface area contributed by atoms with Gasteiger partial charge in [-0.05, 0) is 74.1 Å². The molecule has 4 heterocycles. The molecule has 184 valence electrons. The SMILES string of the molecule is Cc1cc(C2C(c3ccccn3)NC(=S)N2CCC(=O)Nc2ccc(F)cc2)c(C)n1-c1nccs1. The Bertz CT molecular complexity index is 1370. The maximum absolute atomic E-state index is 13.2. The molecule has 4 aromatic rings. The van der Waals surface area contributed by atoms with E-state index in [1.54, 1.807) is 35.9 Å². The number of benzene rings is 1. The number of anilines is 1. The average molecular weight is 521 g/mol. The highest BCUT2D eigenvalue weighted by Gasteiger charge is 2.41. The average Bonchev–Trinajstić information content (AvgIpc) is 3.58. The van der Waals surface area contributed by atoms with E-state index in [2.05, 4.69) is 50.0 Å². The molecule has 2 unspecified atom stereocenters. The molecule has 2 atom stereocenters. The predicted molar refractivity (Wildman–Crippen MR) is 143 cm³/mol. The number of nitrogens with one attached hydrogen (secondary N) is 2. The van der Waals surface area contributed by atoms with Crippen LogP contribution in [0.4, 0.5) is 10.1 Å². The fourth-order valence-corrected chi connectivity index (χ4v) is 5.75. The third-order valence-corrected chi connectivity index (χ3v) is 7.41. The standard InChI is InChI=1S/C26H25FN6OS2/c1-16-15-20(17(2)33(16)26-29-12-14-36-26)24-23(21-5-3-4-11-28-21)31-25(35)32(24)13-10-22(34)30-19-8-6-18(27)7-9-19/h3-9,11-12,14-15,23-24H,10,13H2,1-2H3,(H,30,34)(H,31,35). The first kappa shape index (κ1) is 24.1. The summed E-state index contributed by atoms with van der Waals surface area (Å²) in [5.74, 6) is -0.516. The molecule has 36 heavy (non-hydrogen) atoms. The zero-order valence-electron chi connectivity index (χ0n) is 19.8. The highest BCUT2D eigenvalue weighted by molar-refractivity contribution is 7.80. The van der Waals surface area contributed by atoms with Crippen molar-refractivity contribution in [2.24, 2.45) is 0 Å². The smallest absolute Gasteiger partial charge is 0.226 e. The molecule has 0 saturated carbocycles. The molecule has 1 saturated heterocycles. The van der Waals surface area contributed by atoms with Crippen molar-refractivity contribution in [2.75, 3.05) is 11.9 Å². The van der Waals surface area contributed by atoms with Gasteiger partial charge in [0.25, 0.3) is 0 Å². The summed E-state index contributed by atoms with van der Waals surface area (Å²) in [7, 11) is 0. The minimum atomic E-state index is -0.347. The number of hydrogen-bond acceptors (Lipinski definition) is 5.